The van der Waals surface area contributed by atoms with Gasteiger partial charge in [0.15, 0.2) is 17.4 Å². The molecule has 0 radical (unpaired) electrons. The standard InChI is InChI=1S/C24H26FN7O2/c1-4-5-16-13-21(30-29-16)26-20-14-22(32-8-10-33-11-9-32)28-24(27-20)34-19-7-6-18-17(23(19)25)12-15(2)31(18)3/h4-7,12-14H,8-11H2,1-3H3,(H2,26,27,28,29,30)/b5-4+. The van der Waals surface area contributed by atoms with Crippen molar-refractivity contribution in [3.63, 3.8) is 0 Å². The largest absolute Gasteiger partial charge is 0.421 e. The van der Waals surface area contributed by atoms with Gasteiger partial charge >= 0.3 is 6.01 Å². The van der Waals surface area contributed by atoms with Crippen molar-refractivity contribution >= 4 is 34.4 Å². The normalized spacial score (nSPS) is 14.3. The molecule has 0 bridgehead atoms. The zero-order valence-electron chi connectivity index (χ0n) is 19.3. The lowest BCUT2D eigenvalue weighted by Gasteiger charge is -2.28. The number of nitrogens with zero attached hydrogens (tertiary/aromatic N) is 5. The summed E-state index contributed by atoms with van der Waals surface area (Å²) in [5.74, 6) is 1.37. The summed E-state index contributed by atoms with van der Waals surface area (Å²) in [5, 5.41) is 10.9. The highest BCUT2D eigenvalue weighted by Gasteiger charge is 2.19. The van der Waals surface area contributed by atoms with E-state index < -0.39 is 5.82 Å². The van der Waals surface area contributed by atoms with Gasteiger partial charge < -0.3 is 24.3 Å². The molecule has 34 heavy (non-hydrogen) atoms. The molecular formula is C24H26FN7O2. The molecule has 0 unspecified atom stereocenters. The maximum Gasteiger partial charge on any atom is 0.326 e. The van der Waals surface area contributed by atoms with E-state index in [4.69, 9.17) is 9.47 Å². The molecule has 5 rings (SSSR count). The summed E-state index contributed by atoms with van der Waals surface area (Å²) in [7, 11) is 1.90. The second-order valence-electron chi connectivity index (χ2n) is 8.08. The van der Waals surface area contributed by atoms with Crippen LogP contribution in [0.1, 0.15) is 18.3 Å². The van der Waals surface area contributed by atoms with Crippen molar-refractivity contribution in [3.8, 4) is 11.8 Å². The fraction of sp³-hybridized carbons (Fsp3) is 0.292. The van der Waals surface area contributed by atoms with Crippen molar-refractivity contribution in [3.05, 3.63) is 53.6 Å². The number of fused-ring (bicyclic) bond motifs is 1. The highest BCUT2D eigenvalue weighted by atomic mass is 19.1. The molecule has 176 valence electrons. The maximum atomic E-state index is 15.3. The van der Waals surface area contributed by atoms with Crippen LogP contribution >= 0.6 is 0 Å². The fourth-order valence-corrected chi connectivity index (χ4v) is 3.94. The number of H-pyrrole nitrogens is 1. The number of aromatic nitrogens is 5. The lowest BCUT2D eigenvalue weighted by Crippen LogP contribution is -2.36. The fourth-order valence-electron chi connectivity index (χ4n) is 3.94. The van der Waals surface area contributed by atoms with Gasteiger partial charge in [0.1, 0.15) is 11.6 Å². The predicted octanol–water partition coefficient (Wildman–Crippen LogP) is 4.54. The lowest BCUT2D eigenvalue weighted by atomic mass is 10.2. The molecule has 1 aromatic carbocycles. The van der Waals surface area contributed by atoms with Crippen LogP contribution in [0.2, 0.25) is 0 Å². The van der Waals surface area contributed by atoms with E-state index in [0.717, 1.165) is 16.9 Å². The molecule has 2 N–H and O–H groups in total. The summed E-state index contributed by atoms with van der Waals surface area (Å²) in [6, 6.07) is 8.96. The highest BCUT2D eigenvalue weighted by Crippen LogP contribution is 2.32. The number of aromatic amines is 1. The Hall–Kier alpha value is -3.92. The van der Waals surface area contributed by atoms with Gasteiger partial charge in [0, 0.05) is 43.4 Å². The van der Waals surface area contributed by atoms with Crippen LogP contribution in [0.15, 0.2) is 36.4 Å². The van der Waals surface area contributed by atoms with Gasteiger partial charge in [0.05, 0.1) is 24.4 Å². The van der Waals surface area contributed by atoms with Gasteiger partial charge in [-0.05, 0) is 38.1 Å². The summed E-state index contributed by atoms with van der Waals surface area (Å²) in [4.78, 5) is 11.1. The minimum absolute atomic E-state index is 0.0432. The number of rotatable bonds is 6. The summed E-state index contributed by atoms with van der Waals surface area (Å²) in [6.07, 6.45) is 3.83. The topological polar surface area (TPSA) is 93.1 Å². The van der Waals surface area contributed by atoms with Crippen LogP contribution in [0.3, 0.4) is 0 Å². The van der Waals surface area contributed by atoms with Crippen molar-refractivity contribution in [1.82, 2.24) is 24.7 Å². The van der Waals surface area contributed by atoms with Crippen LogP contribution in [0.5, 0.6) is 11.8 Å². The van der Waals surface area contributed by atoms with Crippen molar-refractivity contribution in [2.75, 3.05) is 36.5 Å². The van der Waals surface area contributed by atoms with E-state index in [9.17, 15) is 0 Å². The number of allylic oxidation sites excluding steroid dienone is 1. The molecule has 1 fully saturated rings. The van der Waals surface area contributed by atoms with Crippen LogP contribution in [-0.2, 0) is 11.8 Å². The van der Waals surface area contributed by atoms with Crippen LogP contribution in [-0.4, -0.2) is 51.0 Å². The predicted molar refractivity (Wildman–Crippen MR) is 129 cm³/mol. The van der Waals surface area contributed by atoms with Gasteiger partial charge in [0.25, 0.3) is 0 Å². The monoisotopic (exact) mass is 463 g/mol. The smallest absolute Gasteiger partial charge is 0.326 e. The molecule has 0 atom stereocenters. The van der Waals surface area contributed by atoms with Gasteiger partial charge in [-0.25, -0.2) is 4.39 Å². The number of benzene rings is 1. The zero-order chi connectivity index (χ0) is 23.7. The third kappa shape index (κ3) is 4.32. The Kier molecular flexibility index (Phi) is 5.89. The van der Waals surface area contributed by atoms with Crippen LogP contribution in [0.25, 0.3) is 17.0 Å². The molecular weight excluding hydrogens is 437 g/mol. The maximum absolute atomic E-state index is 15.3. The van der Waals surface area contributed by atoms with E-state index in [1.165, 1.54) is 0 Å². The first kappa shape index (κ1) is 21.9. The Balaban J connectivity index is 1.49. The summed E-state index contributed by atoms with van der Waals surface area (Å²) in [6.45, 7) is 6.45. The summed E-state index contributed by atoms with van der Waals surface area (Å²) in [5.41, 5.74) is 2.61. The summed E-state index contributed by atoms with van der Waals surface area (Å²) >= 11 is 0. The third-order valence-corrected chi connectivity index (χ3v) is 5.79. The average Bonchev–Trinajstić information content (AvgIpc) is 3.40. The molecule has 10 heteroatoms. The molecule has 1 saturated heterocycles. The lowest BCUT2D eigenvalue weighted by molar-refractivity contribution is 0.122. The number of halogens is 1. The molecule has 0 amide bonds. The third-order valence-electron chi connectivity index (χ3n) is 5.79. The minimum Gasteiger partial charge on any atom is -0.421 e. The quantitative estimate of drug-likeness (QED) is 0.433. The number of hydrogen-bond acceptors (Lipinski definition) is 7. The molecule has 0 aliphatic carbocycles. The number of aryl methyl sites for hydroxylation is 2. The van der Waals surface area contributed by atoms with Crippen LogP contribution < -0.4 is 15.0 Å². The number of ether oxygens (including phenoxy) is 2. The molecule has 4 aromatic rings. The van der Waals surface area contributed by atoms with E-state index in [2.05, 4.69) is 30.4 Å². The van der Waals surface area contributed by atoms with E-state index in [1.807, 2.05) is 55.8 Å². The molecule has 0 saturated carbocycles. The van der Waals surface area contributed by atoms with Crippen molar-refractivity contribution in [2.45, 2.75) is 13.8 Å². The molecule has 9 nitrogen and oxygen atoms in total. The van der Waals surface area contributed by atoms with Gasteiger partial charge in [-0.2, -0.15) is 15.1 Å². The van der Waals surface area contributed by atoms with Crippen molar-refractivity contribution in [2.24, 2.45) is 7.05 Å². The van der Waals surface area contributed by atoms with Gasteiger partial charge in [-0.3, -0.25) is 5.10 Å². The van der Waals surface area contributed by atoms with Crippen molar-refractivity contribution < 1.29 is 13.9 Å². The van der Waals surface area contributed by atoms with Gasteiger partial charge in [-0.15, -0.1) is 0 Å². The molecule has 1 aliphatic rings. The van der Waals surface area contributed by atoms with Gasteiger partial charge in [-0.1, -0.05) is 6.08 Å². The average molecular weight is 464 g/mol. The van der Waals surface area contributed by atoms with E-state index in [1.54, 1.807) is 12.1 Å². The van der Waals surface area contributed by atoms with Crippen LogP contribution in [0, 0.1) is 12.7 Å². The number of hydrogen-bond donors (Lipinski definition) is 2. The SMILES string of the molecule is C/C=C/c1cc(Nc2cc(N3CCOCC3)nc(Oc3ccc4c(cc(C)n4C)c3F)n2)n[nH]1. The van der Waals surface area contributed by atoms with E-state index in [-0.39, 0.29) is 11.8 Å². The highest BCUT2D eigenvalue weighted by molar-refractivity contribution is 5.83. The second kappa shape index (κ2) is 9.14. The number of nitrogens with one attached hydrogen (secondary N) is 2. The Labute approximate surface area is 196 Å². The first-order valence-electron chi connectivity index (χ1n) is 11.1. The number of morpholine rings is 1. The first-order valence-corrected chi connectivity index (χ1v) is 11.1. The minimum atomic E-state index is -0.445. The molecule has 3 aromatic heterocycles. The molecule has 0 spiro atoms. The van der Waals surface area contributed by atoms with Gasteiger partial charge in [0.2, 0.25) is 0 Å². The Morgan fingerprint density at radius 2 is 1.97 bits per heavy atom. The Bertz CT molecular complexity index is 1360. The second-order valence-corrected chi connectivity index (χ2v) is 8.08. The Morgan fingerprint density at radius 3 is 2.76 bits per heavy atom. The first-order chi connectivity index (χ1) is 16.5. The Morgan fingerprint density at radius 1 is 1.15 bits per heavy atom. The van der Waals surface area contributed by atoms with Crippen LogP contribution in [0.4, 0.5) is 21.8 Å². The summed E-state index contributed by atoms with van der Waals surface area (Å²) < 4.78 is 28.5. The van der Waals surface area contributed by atoms with E-state index in [0.29, 0.717) is 49.1 Å². The molecule has 4 heterocycles. The van der Waals surface area contributed by atoms with Crippen molar-refractivity contribution in [1.29, 1.82) is 0 Å². The zero-order valence-corrected chi connectivity index (χ0v) is 19.3. The van der Waals surface area contributed by atoms with E-state index >= 15 is 4.39 Å². The number of anilines is 3. The molecule has 1 aliphatic heterocycles.